The van der Waals surface area contributed by atoms with Crippen molar-refractivity contribution < 1.29 is 9.15 Å². The third-order valence-corrected chi connectivity index (χ3v) is 5.52. The molecule has 4 heterocycles. The Hall–Kier alpha value is -2.44. The smallest absolute Gasteiger partial charge is 0.226 e. The summed E-state index contributed by atoms with van der Waals surface area (Å²) in [6, 6.07) is 8.53. The number of benzene rings is 1. The van der Waals surface area contributed by atoms with Gasteiger partial charge >= 0.3 is 0 Å². The van der Waals surface area contributed by atoms with Crippen LogP contribution in [0, 0.1) is 0 Å². The quantitative estimate of drug-likeness (QED) is 0.754. The van der Waals surface area contributed by atoms with E-state index in [0.717, 1.165) is 66.3 Å². The Morgan fingerprint density at radius 2 is 2.04 bits per heavy atom. The number of rotatable bonds is 2. The van der Waals surface area contributed by atoms with Crippen molar-refractivity contribution in [2.45, 2.75) is 25.8 Å². The van der Waals surface area contributed by atoms with Gasteiger partial charge in [0.2, 0.25) is 5.95 Å². The lowest BCUT2D eigenvalue weighted by Crippen LogP contribution is -2.44. The molecule has 5 rings (SSSR count). The molecule has 0 radical (unpaired) electrons. The highest BCUT2D eigenvalue weighted by molar-refractivity contribution is 5.94. The Balaban J connectivity index is 1.69. The van der Waals surface area contributed by atoms with Gasteiger partial charge in [0.1, 0.15) is 5.69 Å². The molecule has 140 valence electrons. The van der Waals surface area contributed by atoms with E-state index >= 15 is 0 Å². The fourth-order valence-corrected chi connectivity index (χ4v) is 4.05. The van der Waals surface area contributed by atoms with Crippen molar-refractivity contribution >= 4 is 16.7 Å². The van der Waals surface area contributed by atoms with Crippen LogP contribution in [0.3, 0.4) is 0 Å². The normalized spacial score (nSPS) is 20.5. The highest BCUT2D eigenvalue weighted by Crippen LogP contribution is 2.34. The molecule has 0 unspecified atom stereocenters. The summed E-state index contributed by atoms with van der Waals surface area (Å²) in [6.45, 7) is 6.29. The van der Waals surface area contributed by atoms with Gasteiger partial charge in [-0.3, -0.25) is 0 Å². The Bertz CT molecular complexity index is 968. The summed E-state index contributed by atoms with van der Waals surface area (Å²) in [6.07, 6.45) is 3.65. The minimum atomic E-state index is 0.266. The molecule has 1 fully saturated rings. The molecule has 6 nitrogen and oxygen atoms in total. The Morgan fingerprint density at radius 3 is 2.96 bits per heavy atom. The molecule has 0 spiro atoms. The number of hydrogen-bond acceptors (Lipinski definition) is 6. The van der Waals surface area contributed by atoms with E-state index in [-0.39, 0.29) is 6.04 Å². The summed E-state index contributed by atoms with van der Waals surface area (Å²) >= 11 is 0. The molecular weight excluding hydrogens is 340 g/mol. The zero-order valence-corrected chi connectivity index (χ0v) is 15.6. The number of aromatic nitrogens is 2. The van der Waals surface area contributed by atoms with Crippen molar-refractivity contribution in [1.82, 2.24) is 15.3 Å². The Labute approximate surface area is 158 Å². The van der Waals surface area contributed by atoms with Gasteiger partial charge in [0.25, 0.3) is 0 Å². The minimum Gasteiger partial charge on any atom is -0.461 e. The number of ether oxygens (including phenoxy) is 1. The van der Waals surface area contributed by atoms with Crippen LogP contribution in [0.1, 0.15) is 18.2 Å². The number of hydrogen-bond donors (Lipinski definition) is 1. The van der Waals surface area contributed by atoms with Gasteiger partial charge in [-0.15, -0.1) is 0 Å². The molecule has 6 heteroatoms. The largest absolute Gasteiger partial charge is 0.461 e. The van der Waals surface area contributed by atoms with Crippen molar-refractivity contribution in [2.75, 3.05) is 37.7 Å². The van der Waals surface area contributed by atoms with E-state index in [2.05, 4.69) is 29.3 Å². The maximum absolute atomic E-state index is 6.02. The summed E-state index contributed by atoms with van der Waals surface area (Å²) in [5.74, 6) is 1.65. The van der Waals surface area contributed by atoms with Crippen molar-refractivity contribution in [3.8, 4) is 11.5 Å². The second-order valence-corrected chi connectivity index (χ2v) is 7.32. The van der Waals surface area contributed by atoms with Crippen LogP contribution in [-0.4, -0.2) is 48.9 Å². The first-order valence-corrected chi connectivity index (χ1v) is 9.73. The van der Waals surface area contributed by atoms with Crippen LogP contribution in [0.15, 0.2) is 34.9 Å². The lowest BCUT2D eigenvalue weighted by molar-refractivity contribution is 0.0980. The molecule has 1 saturated heterocycles. The van der Waals surface area contributed by atoms with Gasteiger partial charge in [0.15, 0.2) is 5.76 Å². The van der Waals surface area contributed by atoms with Gasteiger partial charge in [0, 0.05) is 35.8 Å². The van der Waals surface area contributed by atoms with E-state index in [9.17, 15) is 0 Å². The zero-order chi connectivity index (χ0) is 18.2. The molecule has 1 N–H and O–H groups in total. The maximum Gasteiger partial charge on any atom is 0.226 e. The lowest BCUT2D eigenvalue weighted by atomic mass is 10.0. The molecule has 2 aromatic heterocycles. The van der Waals surface area contributed by atoms with Crippen molar-refractivity contribution in [3.05, 3.63) is 41.8 Å². The average Bonchev–Trinajstić information content (AvgIpc) is 2.98. The van der Waals surface area contributed by atoms with Crippen molar-refractivity contribution in [1.29, 1.82) is 0 Å². The summed E-state index contributed by atoms with van der Waals surface area (Å²) in [5.41, 5.74) is 3.29. The fraction of sp³-hybridized carbons (Fsp3) is 0.429. The van der Waals surface area contributed by atoms with E-state index in [1.54, 1.807) is 0 Å². The number of fused-ring (bicyclic) bond motifs is 2. The van der Waals surface area contributed by atoms with Crippen LogP contribution >= 0.6 is 0 Å². The molecule has 2 aliphatic rings. The third kappa shape index (κ3) is 2.99. The van der Waals surface area contributed by atoms with E-state index in [1.165, 1.54) is 5.56 Å². The highest BCUT2D eigenvalue weighted by Gasteiger charge is 2.26. The second-order valence-electron chi connectivity index (χ2n) is 7.32. The molecule has 3 aromatic rings. The van der Waals surface area contributed by atoms with Crippen LogP contribution in [0.4, 0.5) is 5.95 Å². The van der Waals surface area contributed by atoms with E-state index in [1.807, 2.05) is 18.4 Å². The summed E-state index contributed by atoms with van der Waals surface area (Å²) in [5, 5.41) is 5.69. The number of nitrogens with zero attached hydrogens (tertiary/aromatic N) is 3. The predicted molar refractivity (Wildman–Crippen MR) is 105 cm³/mol. The minimum absolute atomic E-state index is 0.266. The number of nitrogens with one attached hydrogen (secondary N) is 1. The van der Waals surface area contributed by atoms with Crippen LogP contribution < -0.4 is 10.2 Å². The number of anilines is 1. The van der Waals surface area contributed by atoms with Gasteiger partial charge in [-0.05, 0) is 19.9 Å². The molecule has 0 bridgehead atoms. The highest BCUT2D eigenvalue weighted by atomic mass is 16.5. The third-order valence-electron chi connectivity index (χ3n) is 5.52. The van der Waals surface area contributed by atoms with Gasteiger partial charge in [-0.1, -0.05) is 24.3 Å². The van der Waals surface area contributed by atoms with E-state index < -0.39 is 0 Å². The van der Waals surface area contributed by atoms with Crippen molar-refractivity contribution in [3.63, 3.8) is 0 Å². The monoisotopic (exact) mass is 364 g/mol. The molecule has 27 heavy (non-hydrogen) atoms. The van der Waals surface area contributed by atoms with Crippen LogP contribution in [-0.2, 0) is 17.6 Å². The molecule has 1 aromatic carbocycles. The zero-order valence-electron chi connectivity index (χ0n) is 15.6. The molecule has 0 amide bonds. The first-order chi connectivity index (χ1) is 13.3. The van der Waals surface area contributed by atoms with E-state index in [0.29, 0.717) is 13.2 Å². The first-order valence-electron chi connectivity index (χ1n) is 9.73. The lowest BCUT2D eigenvalue weighted by Gasteiger charge is -2.33. The number of furan rings is 1. The van der Waals surface area contributed by atoms with Gasteiger partial charge in [-0.25, -0.2) is 9.97 Å². The standard InChI is InChI=1S/C21H24N4O2/c1-14-12-26-11-10-25(14)21-23-18-7-9-22-8-6-17(18)19(24-21)20-16-5-3-2-4-15(16)13-27-20/h2-5,13-14,22H,6-12H2,1H3/t14-/m0/s1. The summed E-state index contributed by atoms with van der Waals surface area (Å²) < 4.78 is 11.6. The van der Waals surface area contributed by atoms with Crippen LogP contribution in [0.25, 0.3) is 22.2 Å². The van der Waals surface area contributed by atoms with Gasteiger partial charge in [0.05, 0.1) is 31.2 Å². The second kappa shape index (κ2) is 6.94. The molecular formula is C21H24N4O2. The fourth-order valence-electron chi connectivity index (χ4n) is 4.05. The molecule has 0 saturated carbocycles. The van der Waals surface area contributed by atoms with Crippen LogP contribution in [0.5, 0.6) is 0 Å². The molecule has 1 atom stereocenters. The molecule has 2 aliphatic heterocycles. The first kappa shape index (κ1) is 16.7. The SMILES string of the molecule is C[C@H]1COCCN1c1nc2c(c(-c3occ4ccccc34)n1)CCNCC2. The maximum atomic E-state index is 6.02. The van der Waals surface area contributed by atoms with Crippen LogP contribution in [0.2, 0.25) is 0 Å². The summed E-state index contributed by atoms with van der Waals surface area (Å²) in [7, 11) is 0. The predicted octanol–water partition coefficient (Wildman–Crippen LogP) is 2.80. The average molecular weight is 364 g/mol. The van der Waals surface area contributed by atoms with Gasteiger partial charge < -0.3 is 19.4 Å². The Kier molecular flexibility index (Phi) is 4.30. The number of morpholine rings is 1. The molecule has 0 aliphatic carbocycles. The van der Waals surface area contributed by atoms with Gasteiger partial charge in [-0.2, -0.15) is 0 Å². The van der Waals surface area contributed by atoms with Crippen molar-refractivity contribution in [2.24, 2.45) is 0 Å². The summed E-state index contributed by atoms with van der Waals surface area (Å²) in [4.78, 5) is 12.3. The van der Waals surface area contributed by atoms with E-state index in [4.69, 9.17) is 19.1 Å². The Morgan fingerprint density at radius 1 is 1.15 bits per heavy atom. The topological polar surface area (TPSA) is 63.4 Å².